The zero-order valence-electron chi connectivity index (χ0n) is 12.7. The second-order valence-corrected chi connectivity index (χ2v) is 6.91. The van der Waals surface area contributed by atoms with E-state index in [9.17, 15) is 0 Å². The van der Waals surface area contributed by atoms with E-state index in [0.29, 0.717) is 6.04 Å². The van der Waals surface area contributed by atoms with Gasteiger partial charge in [0, 0.05) is 23.5 Å². The van der Waals surface area contributed by atoms with Gasteiger partial charge in [-0.25, -0.2) is 4.98 Å². The molecule has 1 saturated heterocycles. The molecule has 1 fully saturated rings. The molecule has 114 valence electrons. The average molecular weight is 350 g/mol. The standard InChI is InChI=1S/C17H24BrN3/c1-2-11-21-16-8-6-13(18)12-15(16)20-17(21)9-7-14-5-3-4-10-19-14/h6,8,12,14,19H,2-5,7,9-11H2,1H3. The maximum Gasteiger partial charge on any atom is 0.109 e. The van der Waals surface area contributed by atoms with E-state index in [4.69, 9.17) is 4.98 Å². The number of nitrogens with zero attached hydrogens (tertiary/aromatic N) is 2. The first-order chi connectivity index (χ1) is 10.3. The Labute approximate surface area is 135 Å². The van der Waals surface area contributed by atoms with Gasteiger partial charge in [-0.3, -0.25) is 0 Å². The predicted octanol–water partition coefficient (Wildman–Crippen LogP) is 4.28. The van der Waals surface area contributed by atoms with Crippen LogP contribution in [0.5, 0.6) is 0 Å². The highest BCUT2D eigenvalue weighted by Crippen LogP contribution is 2.23. The zero-order chi connectivity index (χ0) is 14.7. The molecular weight excluding hydrogens is 326 g/mol. The van der Waals surface area contributed by atoms with Crippen molar-refractivity contribution in [1.82, 2.24) is 14.9 Å². The van der Waals surface area contributed by atoms with Crippen LogP contribution in [0, 0.1) is 0 Å². The smallest absolute Gasteiger partial charge is 0.109 e. The number of fused-ring (bicyclic) bond motifs is 1. The molecule has 0 radical (unpaired) electrons. The molecule has 1 atom stereocenters. The molecule has 21 heavy (non-hydrogen) atoms. The first-order valence-corrected chi connectivity index (χ1v) is 8.95. The van der Waals surface area contributed by atoms with Crippen LogP contribution in [-0.4, -0.2) is 22.1 Å². The molecule has 2 heterocycles. The monoisotopic (exact) mass is 349 g/mol. The molecule has 0 spiro atoms. The maximum absolute atomic E-state index is 4.88. The minimum absolute atomic E-state index is 0.681. The van der Waals surface area contributed by atoms with Gasteiger partial charge in [-0.1, -0.05) is 29.3 Å². The molecule has 0 aliphatic carbocycles. The molecule has 0 saturated carbocycles. The second kappa shape index (κ2) is 6.93. The Bertz CT molecular complexity index is 599. The zero-order valence-corrected chi connectivity index (χ0v) is 14.3. The lowest BCUT2D eigenvalue weighted by atomic mass is 10.0. The van der Waals surface area contributed by atoms with Crippen molar-refractivity contribution in [3.8, 4) is 0 Å². The van der Waals surface area contributed by atoms with E-state index < -0.39 is 0 Å². The molecule has 4 heteroatoms. The van der Waals surface area contributed by atoms with E-state index in [1.165, 1.54) is 43.6 Å². The number of piperidine rings is 1. The van der Waals surface area contributed by atoms with Crippen LogP contribution >= 0.6 is 15.9 Å². The molecule has 1 aromatic heterocycles. The Kier molecular flexibility index (Phi) is 4.96. The summed E-state index contributed by atoms with van der Waals surface area (Å²) in [7, 11) is 0. The fourth-order valence-electron chi connectivity index (χ4n) is 3.29. The van der Waals surface area contributed by atoms with Gasteiger partial charge in [0.05, 0.1) is 11.0 Å². The van der Waals surface area contributed by atoms with Crippen molar-refractivity contribution in [2.75, 3.05) is 6.54 Å². The summed E-state index contributed by atoms with van der Waals surface area (Å²) in [5.41, 5.74) is 2.39. The van der Waals surface area contributed by atoms with Crippen LogP contribution in [0.3, 0.4) is 0 Å². The lowest BCUT2D eigenvalue weighted by Crippen LogP contribution is -2.34. The number of rotatable bonds is 5. The number of aromatic nitrogens is 2. The summed E-state index contributed by atoms with van der Waals surface area (Å²) in [4.78, 5) is 4.88. The number of halogens is 1. The Morgan fingerprint density at radius 2 is 2.29 bits per heavy atom. The van der Waals surface area contributed by atoms with E-state index in [-0.39, 0.29) is 0 Å². The van der Waals surface area contributed by atoms with Gasteiger partial charge in [0.15, 0.2) is 0 Å². The van der Waals surface area contributed by atoms with Crippen LogP contribution in [-0.2, 0) is 13.0 Å². The highest BCUT2D eigenvalue weighted by atomic mass is 79.9. The lowest BCUT2D eigenvalue weighted by Gasteiger charge is -2.23. The topological polar surface area (TPSA) is 29.9 Å². The molecule has 1 aliphatic heterocycles. The van der Waals surface area contributed by atoms with Gasteiger partial charge in [-0.05, 0) is 50.4 Å². The summed E-state index contributed by atoms with van der Waals surface area (Å²) in [5.74, 6) is 1.25. The van der Waals surface area contributed by atoms with Gasteiger partial charge in [-0.15, -0.1) is 0 Å². The van der Waals surface area contributed by atoms with Crippen LogP contribution in [0.4, 0.5) is 0 Å². The van der Waals surface area contributed by atoms with Crippen molar-refractivity contribution in [2.45, 2.75) is 58.0 Å². The molecule has 3 nitrogen and oxygen atoms in total. The molecular formula is C17H24BrN3. The highest BCUT2D eigenvalue weighted by molar-refractivity contribution is 9.10. The van der Waals surface area contributed by atoms with Crippen LogP contribution in [0.15, 0.2) is 22.7 Å². The van der Waals surface area contributed by atoms with Crippen molar-refractivity contribution >= 4 is 27.0 Å². The van der Waals surface area contributed by atoms with Crippen molar-refractivity contribution < 1.29 is 0 Å². The third kappa shape index (κ3) is 3.49. The summed E-state index contributed by atoms with van der Waals surface area (Å²) in [6.07, 6.45) is 7.45. The number of imidazole rings is 1. The fourth-order valence-corrected chi connectivity index (χ4v) is 3.64. The van der Waals surface area contributed by atoms with E-state index >= 15 is 0 Å². The summed E-state index contributed by atoms with van der Waals surface area (Å²) in [6, 6.07) is 7.11. The first kappa shape index (κ1) is 15.0. The number of hydrogen-bond donors (Lipinski definition) is 1. The minimum atomic E-state index is 0.681. The summed E-state index contributed by atoms with van der Waals surface area (Å²) in [5, 5.41) is 3.64. The molecule has 0 amide bonds. The normalized spacial score (nSPS) is 19.2. The number of nitrogens with one attached hydrogen (secondary N) is 1. The maximum atomic E-state index is 4.88. The van der Waals surface area contributed by atoms with Crippen molar-refractivity contribution in [2.24, 2.45) is 0 Å². The van der Waals surface area contributed by atoms with Gasteiger partial charge < -0.3 is 9.88 Å². The Hall–Kier alpha value is -0.870. The van der Waals surface area contributed by atoms with Crippen LogP contribution in [0.1, 0.15) is 44.9 Å². The SMILES string of the molecule is CCCn1c(CCC2CCCCN2)nc2cc(Br)ccc21. The van der Waals surface area contributed by atoms with E-state index in [1.54, 1.807) is 0 Å². The highest BCUT2D eigenvalue weighted by Gasteiger charge is 2.15. The van der Waals surface area contributed by atoms with Crippen molar-refractivity contribution in [3.05, 3.63) is 28.5 Å². The van der Waals surface area contributed by atoms with Crippen LogP contribution in [0.2, 0.25) is 0 Å². The van der Waals surface area contributed by atoms with Crippen LogP contribution < -0.4 is 5.32 Å². The van der Waals surface area contributed by atoms with Gasteiger partial charge >= 0.3 is 0 Å². The number of benzene rings is 1. The van der Waals surface area contributed by atoms with Gasteiger partial charge in [0.25, 0.3) is 0 Å². The first-order valence-electron chi connectivity index (χ1n) is 8.16. The second-order valence-electron chi connectivity index (χ2n) is 6.00. The van der Waals surface area contributed by atoms with Gasteiger partial charge in [-0.2, -0.15) is 0 Å². The molecule has 1 aliphatic rings. The quantitative estimate of drug-likeness (QED) is 0.872. The largest absolute Gasteiger partial charge is 0.328 e. The Balaban J connectivity index is 1.80. The molecule has 1 N–H and O–H groups in total. The van der Waals surface area contributed by atoms with Crippen LogP contribution in [0.25, 0.3) is 11.0 Å². The summed E-state index contributed by atoms with van der Waals surface area (Å²) >= 11 is 3.55. The van der Waals surface area contributed by atoms with Gasteiger partial charge in [0.2, 0.25) is 0 Å². The summed E-state index contributed by atoms with van der Waals surface area (Å²) < 4.78 is 3.52. The third-order valence-electron chi connectivity index (χ3n) is 4.37. The average Bonchev–Trinajstić information content (AvgIpc) is 2.84. The molecule has 1 unspecified atom stereocenters. The molecule has 3 rings (SSSR count). The van der Waals surface area contributed by atoms with Crippen molar-refractivity contribution in [1.29, 1.82) is 0 Å². The number of hydrogen-bond acceptors (Lipinski definition) is 2. The minimum Gasteiger partial charge on any atom is -0.328 e. The van der Waals surface area contributed by atoms with E-state index in [1.807, 2.05) is 0 Å². The fraction of sp³-hybridized carbons (Fsp3) is 0.588. The van der Waals surface area contributed by atoms with Crippen molar-refractivity contribution in [3.63, 3.8) is 0 Å². The molecule has 0 bridgehead atoms. The molecule has 1 aromatic carbocycles. The Morgan fingerprint density at radius 3 is 3.05 bits per heavy atom. The number of aryl methyl sites for hydroxylation is 2. The Morgan fingerprint density at radius 1 is 1.38 bits per heavy atom. The summed E-state index contributed by atoms with van der Waals surface area (Å²) in [6.45, 7) is 4.48. The lowest BCUT2D eigenvalue weighted by molar-refractivity contribution is 0.379. The third-order valence-corrected chi connectivity index (χ3v) is 4.86. The van der Waals surface area contributed by atoms with E-state index in [2.05, 4.69) is 50.9 Å². The molecule has 2 aromatic rings. The predicted molar refractivity (Wildman–Crippen MR) is 91.7 cm³/mol. The van der Waals surface area contributed by atoms with Gasteiger partial charge in [0.1, 0.15) is 5.82 Å². The van der Waals surface area contributed by atoms with E-state index in [0.717, 1.165) is 29.4 Å².